The van der Waals surface area contributed by atoms with Crippen molar-refractivity contribution in [2.24, 2.45) is 10.8 Å². The third-order valence-electron chi connectivity index (χ3n) is 10.4. The van der Waals surface area contributed by atoms with Crippen LogP contribution in [0.4, 0.5) is 0 Å². The first-order valence-corrected chi connectivity index (χ1v) is 17.4. The van der Waals surface area contributed by atoms with Gasteiger partial charge in [-0.2, -0.15) is 15.5 Å². The maximum atomic E-state index is 12.8. The van der Waals surface area contributed by atoms with Crippen LogP contribution in [0.3, 0.4) is 0 Å². The van der Waals surface area contributed by atoms with Crippen LogP contribution in [-0.2, 0) is 0 Å². The molecule has 0 aliphatic heterocycles. The lowest BCUT2D eigenvalue weighted by Gasteiger charge is -2.43. The Morgan fingerprint density at radius 2 is 1.77 bits per heavy atom. The lowest BCUT2D eigenvalue weighted by atomic mass is 9.61. The molecule has 0 saturated heterocycles. The Balaban J connectivity index is 1.22. The molecule has 4 aliphatic rings. The minimum atomic E-state index is -0.329. The first-order chi connectivity index (χ1) is 22.9. The summed E-state index contributed by atoms with van der Waals surface area (Å²) >= 11 is 0. The van der Waals surface area contributed by atoms with Gasteiger partial charge in [0, 0.05) is 23.0 Å². The third-order valence-corrected chi connectivity index (χ3v) is 10.4. The van der Waals surface area contributed by atoms with E-state index in [0.29, 0.717) is 11.3 Å². The van der Waals surface area contributed by atoms with Crippen LogP contribution < -0.4 is 5.32 Å². The van der Waals surface area contributed by atoms with Crippen LogP contribution in [0.2, 0.25) is 0 Å². The summed E-state index contributed by atoms with van der Waals surface area (Å²) in [7, 11) is 0. The van der Waals surface area contributed by atoms with Crippen molar-refractivity contribution in [3.8, 4) is 6.07 Å². The summed E-state index contributed by atoms with van der Waals surface area (Å²) < 4.78 is 2.04. The number of carbonyl (C=O) groups is 1. The van der Waals surface area contributed by atoms with Gasteiger partial charge in [-0.15, -0.1) is 0 Å². The molecule has 2 aromatic heterocycles. The quantitative estimate of drug-likeness (QED) is 0.211. The molecule has 47 heavy (non-hydrogen) atoms. The average Bonchev–Trinajstić information content (AvgIpc) is 3.68. The van der Waals surface area contributed by atoms with Gasteiger partial charge in [-0.05, 0) is 72.3 Å². The number of imidazole rings is 1. The minimum Gasteiger partial charge on any atom is -0.322 e. The summed E-state index contributed by atoms with van der Waals surface area (Å²) in [6, 6.07) is 3.86. The molecule has 0 aromatic carbocycles. The smallest absolute Gasteiger partial charge is 0.257 e. The molecule has 7 nitrogen and oxygen atoms in total. The number of hydrogen-bond donors (Lipinski definition) is 1. The van der Waals surface area contributed by atoms with Crippen molar-refractivity contribution in [3.63, 3.8) is 0 Å². The number of aromatic nitrogens is 4. The normalized spacial score (nSPS) is 22.6. The van der Waals surface area contributed by atoms with Gasteiger partial charge in [-0.3, -0.25) is 4.79 Å². The van der Waals surface area contributed by atoms with E-state index in [1.807, 2.05) is 10.8 Å². The molecule has 2 atom stereocenters. The Morgan fingerprint density at radius 1 is 1.00 bits per heavy atom. The van der Waals surface area contributed by atoms with E-state index in [1.54, 1.807) is 12.4 Å². The topological polar surface area (TPSA) is 96.5 Å². The number of nitriles is 1. The molecule has 2 aromatic rings. The first kappa shape index (κ1) is 32.4. The Hall–Kier alpha value is -4.57. The number of nitrogens with one attached hydrogen (secondary N) is 1. The van der Waals surface area contributed by atoms with Gasteiger partial charge in [0.2, 0.25) is 0 Å². The van der Waals surface area contributed by atoms with Crippen molar-refractivity contribution in [3.05, 3.63) is 118 Å². The van der Waals surface area contributed by atoms with Crippen LogP contribution in [0.15, 0.2) is 107 Å². The standard InChI is InChI=1S/C40H46N6O/c1-4-5-6-7-8-9-10-11-12-13-14-29-23-36(46-27-33(25-41)42-28-46)40(3)21-18-35-34(37(29)40)16-15-31-24-32(17-20-39(31,35)2)45-38(47)30-19-22-43-44-26-30/h15-19,21-24,26-28H,4-14,20H2,1-3H3,(H,45,47)/t39-,40-/m1/s1. The number of nitrogens with zero attached hydrogens (tertiary/aromatic N) is 5. The largest absolute Gasteiger partial charge is 0.322 e. The van der Waals surface area contributed by atoms with Gasteiger partial charge in [0.25, 0.3) is 5.91 Å². The van der Waals surface area contributed by atoms with E-state index in [4.69, 9.17) is 0 Å². The molecule has 0 bridgehead atoms. The highest BCUT2D eigenvalue weighted by Gasteiger charge is 2.46. The van der Waals surface area contributed by atoms with Gasteiger partial charge in [-0.25, -0.2) is 4.98 Å². The molecule has 242 valence electrons. The minimum absolute atomic E-state index is 0.190. The van der Waals surface area contributed by atoms with Crippen molar-refractivity contribution in [1.29, 1.82) is 5.26 Å². The molecular formula is C40H46N6O. The van der Waals surface area contributed by atoms with E-state index in [-0.39, 0.29) is 16.7 Å². The number of allylic oxidation sites excluding steroid dienone is 13. The van der Waals surface area contributed by atoms with Crippen molar-refractivity contribution < 1.29 is 4.79 Å². The molecule has 0 radical (unpaired) electrons. The van der Waals surface area contributed by atoms with Gasteiger partial charge in [0.15, 0.2) is 5.69 Å². The second kappa shape index (κ2) is 14.0. The summed E-state index contributed by atoms with van der Waals surface area (Å²) in [4.78, 5) is 17.2. The van der Waals surface area contributed by atoms with Gasteiger partial charge in [0.05, 0.1) is 23.4 Å². The van der Waals surface area contributed by atoms with Crippen LogP contribution in [0.25, 0.3) is 5.70 Å². The number of carbonyl (C=O) groups excluding carboxylic acids is 1. The van der Waals surface area contributed by atoms with Gasteiger partial charge < -0.3 is 9.88 Å². The highest BCUT2D eigenvalue weighted by molar-refractivity contribution is 5.95. The van der Waals surface area contributed by atoms with Crippen LogP contribution in [0.5, 0.6) is 0 Å². The van der Waals surface area contributed by atoms with Crippen molar-refractivity contribution >= 4 is 11.6 Å². The van der Waals surface area contributed by atoms with Crippen molar-refractivity contribution in [2.75, 3.05) is 0 Å². The maximum absolute atomic E-state index is 12.8. The Kier molecular flexibility index (Phi) is 9.68. The highest BCUT2D eigenvalue weighted by atomic mass is 16.1. The van der Waals surface area contributed by atoms with E-state index < -0.39 is 0 Å². The summed E-state index contributed by atoms with van der Waals surface area (Å²) in [5.41, 5.74) is 8.88. The Labute approximate surface area is 279 Å². The van der Waals surface area contributed by atoms with Crippen LogP contribution >= 0.6 is 0 Å². The average molecular weight is 627 g/mol. The van der Waals surface area contributed by atoms with Gasteiger partial charge in [0.1, 0.15) is 12.4 Å². The monoisotopic (exact) mass is 626 g/mol. The Morgan fingerprint density at radius 3 is 2.47 bits per heavy atom. The summed E-state index contributed by atoms with van der Waals surface area (Å²) in [5.74, 6) is -0.190. The SMILES string of the molecule is CCCCCCCCCCCCC1=C2C3=C(C=C[C@]2(C)C(n2cnc(C#N)c2)=C1)[C@]1(C)CC=C(NC(=O)c2ccnnc2)C=C1C=C3. The van der Waals surface area contributed by atoms with Gasteiger partial charge in [-0.1, -0.05) is 102 Å². The zero-order valence-corrected chi connectivity index (χ0v) is 28.1. The van der Waals surface area contributed by atoms with E-state index in [9.17, 15) is 10.1 Å². The fourth-order valence-corrected chi connectivity index (χ4v) is 7.66. The van der Waals surface area contributed by atoms with Crippen molar-refractivity contribution in [2.45, 2.75) is 97.8 Å². The van der Waals surface area contributed by atoms with E-state index in [1.165, 1.54) is 104 Å². The van der Waals surface area contributed by atoms with Crippen LogP contribution in [0, 0.1) is 22.2 Å². The zero-order valence-electron chi connectivity index (χ0n) is 28.1. The molecule has 0 saturated carbocycles. The first-order valence-electron chi connectivity index (χ1n) is 17.4. The molecule has 1 N–H and O–H groups in total. The lowest BCUT2D eigenvalue weighted by molar-refractivity contribution is 0.0966. The zero-order chi connectivity index (χ0) is 32.9. The van der Waals surface area contributed by atoms with Crippen LogP contribution in [0.1, 0.15) is 114 Å². The lowest BCUT2D eigenvalue weighted by Crippen LogP contribution is -2.33. The predicted molar refractivity (Wildman–Crippen MR) is 187 cm³/mol. The number of amides is 1. The van der Waals surface area contributed by atoms with Crippen molar-refractivity contribution in [1.82, 2.24) is 25.1 Å². The number of fused-ring (bicyclic) bond motifs is 4. The van der Waals surface area contributed by atoms with E-state index in [2.05, 4.69) is 89.9 Å². The molecule has 1 amide bonds. The number of hydrogen-bond acceptors (Lipinski definition) is 5. The third kappa shape index (κ3) is 6.52. The van der Waals surface area contributed by atoms with E-state index in [0.717, 1.165) is 24.2 Å². The fourth-order valence-electron chi connectivity index (χ4n) is 7.66. The number of unbranched alkanes of at least 4 members (excludes halogenated alkanes) is 9. The second-order valence-corrected chi connectivity index (χ2v) is 13.7. The Bertz CT molecular complexity index is 1780. The molecule has 0 spiro atoms. The summed E-state index contributed by atoms with van der Waals surface area (Å²) in [5, 5.41) is 20.2. The molecule has 7 heteroatoms. The fraction of sp³-hybridized carbons (Fsp3) is 0.425. The second-order valence-electron chi connectivity index (χ2n) is 13.7. The van der Waals surface area contributed by atoms with Crippen LogP contribution in [-0.4, -0.2) is 25.7 Å². The molecule has 0 fully saturated rings. The molecule has 0 unspecified atom stereocenters. The number of rotatable bonds is 14. The predicted octanol–water partition coefficient (Wildman–Crippen LogP) is 9.10. The maximum Gasteiger partial charge on any atom is 0.257 e. The van der Waals surface area contributed by atoms with E-state index >= 15 is 0 Å². The summed E-state index contributed by atoms with van der Waals surface area (Å²) in [6.07, 6.45) is 37.4. The molecule has 6 rings (SSSR count). The molecular weight excluding hydrogens is 580 g/mol. The molecule has 2 heterocycles. The summed E-state index contributed by atoms with van der Waals surface area (Å²) in [6.45, 7) is 6.89. The highest BCUT2D eigenvalue weighted by Crippen LogP contribution is 2.59. The van der Waals surface area contributed by atoms with Gasteiger partial charge >= 0.3 is 0 Å². The molecule has 4 aliphatic carbocycles.